The third kappa shape index (κ3) is 2.32. The van der Waals surface area contributed by atoms with Gasteiger partial charge in [0.25, 0.3) is 0 Å². The van der Waals surface area contributed by atoms with Gasteiger partial charge in [-0.25, -0.2) is 0 Å². The van der Waals surface area contributed by atoms with Gasteiger partial charge in [0, 0.05) is 26.2 Å². The van der Waals surface area contributed by atoms with E-state index >= 15 is 0 Å². The van der Waals surface area contributed by atoms with Crippen LogP contribution in [0.25, 0.3) is 0 Å². The van der Waals surface area contributed by atoms with Crippen LogP contribution in [0.1, 0.15) is 24.0 Å². The zero-order valence-electron chi connectivity index (χ0n) is 9.75. The van der Waals surface area contributed by atoms with E-state index in [-0.39, 0.29) is 0 Å². The van der Waals surface area contributed by atoms with Crippen molar-refractivity contribution in [1.29, 1.82) is 0 Å². The Bertz CT molecular complexity index is 367. The lowest BCUT2D eigenvalue weighted by Gasteiger charge is -2.19. The molecule has 1 saturated carbocycles. The summed E-state index contributed by atoms with van der Waals surface area (Å²) in [6, 6.07) is 6.44. The smallest absolute Gasteiger partial charge is 0.0690 e. The first-order chi connectivity index (χ1) is 7.00. The van der Waals surface area contributed by atoms with Crippen molar-refractivity contribution < 1.29 is 5.11 Å². The van der Waals surface area contributed by atoms with E-state index in [0.29, 0.717) is 0 Å². The standard InChI is InChI=1S/C13H19NO/c1-10-4-5-11(9-13(15)6-7-13)12(8-10)14(2)3/h4-5,8,15H,6-7,9H2,1-3H3. The first kappa shape index (κ1) is 10.5. The molecule has 0 aromatic heterocycles. The quantitative estimate of drug-likeness (QED) is 0.817. The van der Waals surface area contributed by atoms with E-state index in [2.05, 4.69) is 44.1 Å². The zero-order valence-corrected chi connectivity index (χ0v) is 9.75. The number of rotatable bonds is 3. The molecule has 0 unspecified atom stereocenters. The van der Waals surface area contributed by atoms with Gasteiger partial charge in [-0.2, -0.15) is 0 Å². The molecule has 0 atom stereocenters. The highest BCUT2D eigenvalue weighted by Gasteiger charge is 2.40. The molecule has 1 fully saturated rings. The topological polar surface area (TPSA) is 23.5 Å². The van der Waals surface area contributed by atoms with Gasteiger partial charge in [-0.3, -0.25) is 0 Å². The van der Waals surface area contributed by atoms with E-state index in [1.54, 1.807) is 0 Å². The van der Waals surface area contributed by atoms with Crippen LogP contribution in [0.5, 0.6) is 0 Å². The van der Waals surface area contributed by atoms with E-state index in [4.69, 9.17) is 0 Å². The molecule has 0 amide bonds. The molecule has 2 rings (SSSR count). The molecule has 1 aromatic carbocycles. The third-order valence-corrected chi connectivity index (χ3v) is 3.07. The molecule has 15 heavy (non-hydrogen) atoms. The number of hydrogen-bond acceptors (Lipinski definition) is 2. The maximum absolute atomic E-state index is 9.94. The van der Waals surface area contributed by atoms with Gasteiger partial charge in [-0.15, -0.1) is 0 Å². The number of nitrogens with zero attached hydrogens (tertiary/aromatic N) is 1. The van der Waals surface area contributed by atoms with E-state index in [1.165, 1.54) is 16.8 Å². The normalized spacial score (nSPS) is 17.6. The van der Waals surface area contributed by atoms with Gasteiger partial charge in [-0.05, 0) is 37.0 Å². The van der Waals surface area contributed by atoms with Crippen molar-refractivity contribution in [3.8, 4) is 0 Å². The van der Waals surface area contributed by atoms with Crippen LogP contribution in [-0.2, 0) is 6.42 Å². The Hall–Kier alpha value is -1.02. The van der Waals surface area contributed by atoms with Crippen LogP contribution in [0, 0.1) is 6.92 Å². The minimum Gasteiger partial charge on any atom is -0.390 e. The summed E-state index contributed by atoms with van der Waals surface area (Å²) in [5.41, 5.74) is 3.35. The SMILES string of the molecule is Cc1ccc(CC2(O)CC2)c(N(C)C)c1. The first-order valence-corrected chi connectivity index (χ1v) is 5.49. The number of benzene rings is 1. The van der Waals surface area contributed by atoms with Crippen LogP contribution >= 0.6 is 0 Å². The third-order valence-electron chi connectivity index (χ3n) is 3.07. The molecular formula is C13H19NO. The highest BCUT2D eigenvalue weighted by Crippen LogP contribution is 2.40. The van der Waals surface area contributed by atoms with E-state index < -0.39 is 5.60 Å². The van der Waals surface area contributed by atoms with Crippen molar-refractivity contribution in [3.63, 3.8) is 0 Å². The highest BCUT2D eigenvalue weighted by molar-refractivity contribution is 5.55. The van der Waals surface area contributed by atoms with E-state index in [0.717, 1.165) is 19.3 Å². The molecule has 82 valence electrons. The number of aliphatic hydroxyl groups is 1. The molecule has 1 aromatic rings. The lowest BCUT2D eigenvalue weighted by molar-refractivity contribution is 0.151. The molecule has 2 nitrogen and oxygen atoms in total. The van der Waals surface area contributed by atoms with Crippen LogP contribution in [0.15, 0.2) is 18.2 Å². The molecule has 1 aliphatic rings. The molecule has 1 aliphatic carbocycles. The van der Waals surface area contributed by atoms with E-state index in [9.17, 15) is 5.11 Å². The molecule has 1 N–H and O–H groups in total. The molecule has 0 bridgehead atoms. The second-order valence-electron chi connectivity index (χ2n) is 4.93. The zero-order chi connectivity index (χ0) is 11.1. The number of hydrogen-bond donors (Lipinski definition) is 1. The molecule has 0 radical (unpaired) electrons. The molecule has 0 saturated heterocycles. The van der Waals surface area contributed by atoms with Crippen molar-refractivity contribution >= 4 is 5.69 Å². The van der Waals surface area contributed by atoms with Gasteiger partial charge in [-0.1, -0.05) is 12.1 Å². The minimum absolute atomic E-state index is 0.403. The largest absolute Gasteiger partial charge is 0.390 e. The Kier molecular flexibility index (Phi) is 2.47. The minimum atomic E-state index is -0.403. The summed E-state index contributed by atoms with van der Waals surface area (Å²) in [6.07, 6.45) is 2.70. The van der Waals surface area contributed by atoms with Gasteiger partial charge in [0.05, 0.1) is 5.60 Å². The fourth-order valence-corrected chi connectivity index (χ4v) is 1.92. The maximum Gasteiger partial charge on any atom is 0.0690 e. The predicted octanol–water partition coefficient (Wildman–Crippen LogP) is 2.13. The van der Waals surface area contributed by atoms with Crippen LogP contribution in [-0.4, -0.2) is 24.8 Å². The number of anilines is 1. The van der Waals surface area contributed by atoms with Crippen molar-refractivity contribution in [1.82, 2.24) is 0 Å². The van der Waals surface area contributed by atoms with Crippen LogP contribution in [0.4, 0.5) is 5.69 Å². The fraction of sp³-hybridized carbons (Fsp3) is 0.538. The summed E-state index contributed by atoms with van der Waals surface area (Å²) in [4.78, 5) is 2.12. The average Bonchev–Trinajstić information content (AvgIpc) is 2.87. The van der Waals surface area contributed by atoms with Crippen molar-refractivity contribution in [2.45, 2.75) is 31.8 Å². The van der Waals surface area contributed by atoms with Crippen molar-refractivity contribution in [2.75, 3.05) is 19.0 Å². The predicted molar refractivity (Wildman–Crippen MR) is 63.4 cm³/mol. The monoisotopic (exact) mass is 205 g/mol. The summed E-state index contributed by atoms with van der Waals surface area (Å²) in [6.45, 7) is 2.10. The van der Waals surface area contributed by atoms with Gasteiger partial charge >= 0.3 is 0 Å². The maximum atomic E-state index is 9.94. The van der Waals surface area contributed by atoms with Gasteiger partial charge in [0.2, 0.25) is 0 Å². The molecule has 0 spiro atoms. The lowest BCUT2D eigenvalue weighted by atomic mass is 10.0. The summed E-state index contributed by atoms with van der Waals surface area (Å²) >= 11 is 0. The Morgan fingerprint density at radius 2 is 2.00 bits per heavy atom. The number of aryl methyl sites for hydroxylation is 1. The summed E-state index contributed by atoms with van der Waals surface area (Å²) in [7, 11) is 4.10. The molecule has 0 aliphatic heterocycles. The Morgan fingerprint density at radius 1 is 1.33 bits per heavy atom. The molecule has 2 heteroatoms. The molecule has 0 heterocycles. The highest BCUT2D eigenvalue weighted by atomic mass is 16.3. The van der Waals surface area contributed by atoms with E-state index in [1.807, 2.05) is 0 Å². The summed E-state index contributed by atoms with van der Waals surface area (Å²) in [5, 5.41) is 9.94. The van der Waals surface area contributed by atoms with Gasteiger partial charge in [0.1, 0.15) is 0 Å². The molecular weight excluding hydrogens is 186 g/mol. The van der Waals surface area contributed by atoms with Crippen molar-refractivity contribution in [3.05, 3.63) is 29.3 Å². The Morgan fingerprint density at radius 3 is 2.53 bits per heavy atom. The average molecular weight is 205 g/mol. The lowest BCUT2D eigenvalue weighted by Crippen LogP contribution is -2.16. The second kappa shape index (κ2) is 3.53. The van der Waals surface area contributed by atoms with Crippen LogP contribution in [0.2, 0.25) is 0 Å². The fourth-order valence-electron chi connectivity index (χ4n) is 1.92. The van der Waals surface area contributed by atoms with Crippen LogP contribution in [0.3, 0.4) is 0 Å². The Balaban J connectivity index is 2.28. The van der Waals surface area contributed by atoms with Gasteiger partial charge in [0.15, 0.2) is 0 Å². The van der Waals surface area contributed by atoms with Crippen molar-refractivity contribution in [2.24, 2.45) is 0 Å². The first-order valence-electron chi connectivity index (χ1n) is 5.49. The van der Waals surface area contributed by atoms with Crippen LogP contribution < -0.4 is 4.90 Å². The van der Waals surface area contributed by atoms with Gasteiger partial charge < -0.3 is 10.0 Å². The summed E-state index contributed by atoms with van der Waals surface area (Å²) < 4.78 is 0. The Labute approximate surface area is 91.5 Å². The second-order valence-corrected chi connectivity index (χ2v) is 4.93. The summed E-state index contributed by atoms with van der Waals surface area (Å²) in [5.74, 6) is 0.